The number of hydrogen-bond donors (Lipinski definition) is 1. The van der Waals surface area contributed by atoms with Crippen LogP contribution in [0, 0.1) is 5.92 Å². The van der Waals surface area contributed by atoms with Gasteiger partial charge in [0.2, 0.25) is 0 Å². The van der Waals surface area contributed by atoms with E-state index in [0.717, 1.165) is 37.4 Å². The zero-order valence-corrected chi connectivity index (χ0v) is 18.0. The predicted octanol–water partition coefficient (Wildman–Crippen LogP) is 3.12. The van der Waals surface area contributed by atoms with Crippen molar-refractivity contribution in [1.29, 1.82) is 0 Å². The Balaban J connectivity index is 1.33. The van der Waals surface area contributed by atoms with Crippen molar-refractivity contribution in [2.24, 2.45) is 5.92 Å². The predicted molar refractivity (Wildman–Crippen MR) is 122 cm³/mol. The van der Waals surface area contributed by atoms with Gasteiger partial charge in [-0.25, -0.2) is 0 Å². The third kappa shape index (κ3) is 4.03. The molecule has 7 nitrogen and oxygen atoms in total. The first-order valence-electron chi connectivity index (χ1n) is 10.9. The number of anilines is 1. The van der Waals surface area contributed by atoms with Crippen molar-refractivity contribution in [1.82, 2.24) is 14.5 Å². The van der Waals surface area contributed by atoms with Gasteiger partial charge in [-0.15, -0.1) is 0 Å². The second-order valence-electron chi connectivity index (χ2n) is 8.58. The van der Waals surface area contributed by atoms with Crippen LogP contribution < -0.4 is 15.6 Å². The van der Waals surface area contributed by atoms with E-state index < -0.39 is 0 Å². The summed E-state index contributed by atoms with van der Waals surface area (Å²) >= 11 is 0. The highest BCUT2D eigenvalue weighted by Gasteiger charge is 2.35. The molecule has 1 aromatic carbocycles. The molecule has 7 heteroatoms. The Kier molecular flexibility index (Phi) is 5.49. The normalized spacial score (nSPS) is 19.8. The van der Waals surface area contributed by atoms with Crippen molar-refractivity contribution in [3.63, 3.8) is 0 Å². The van der Waals surface area contributed by atoms with Gasteiger partial charge in [-0.05, 0) is 60.9 Å². The maximum Gasteiger partial charge on any atom is 0.274 e. The molecule has 1 fully saturated rings. The molecule has 0 aliphatic carbocycles. The fourth-order valence-corrected chi connectivity index (χ4v) is 4.93. The lowest BCUT2D eigenvalue weighted by Crippen LogP contribution is -2.47. The third-order valence-corrected chi connectivity index (χ3v) is 6.39. The monoisotopic (exact) mass is 430 g/mol. The molecule has 3 aromatic rings. The number of methoxy groups -OCH3 is 1. The number of ether oxygens (including phenoxy) is 1. The van der Waals surface area contributed by atoms with E-state index in [9.17, 15) is 9.59 Å². The molecule has 2 bridgehead atoms. The number of hydrogen-bond acceptors (Lipinski definition) is 5. The summed E-state index contributed by atoms with van der Waals surface area (Å²) in [5.41, 5.74) is 2.80. The Morgan fingerprint density at radius 1 is 1.09 bits per heavy atom. The molecule has 5 rings (SSSR count). The van der Waals surface area contributed by atoms with Crippen molar-refractivity contribution >= 4 is 11.6 Å². The number of likely N-dealkylation sites (tertiary alicyclic amines) is 1. The summed E-state index contributed by atoms with van der Waals surface area (Å²) in [6, 6.07) is 16.6. The van der Waals surface area contributed by atoms with E-state index >= 15 is 0 Å². The minimum absolute atomic E-state index is 0.128. The molecule has 2 aliphatic heterocycles. The third-order valence-electron chi connectivity index (χ3n) is 6.39. The van der Waals surface area contributed by atoms with Gasteiger partial charge in [0.25, 0.3) is 11.5 Å². The number of amides is 1. The number of carbonyl (C=O) groups is 1. The minimum atomic E-state index is -0.303. The molecule has 0 spiro atoms. The van der Waals surface area contributed by atoms with E-state index in [-0.39, 0.29) is 11.5 Å². The van der Waals surface area contributed by atoms with Gasteiger partial charge in [0, 0.05) is 49.6 Å². The highest BCUT2D eigenvalue weighted by molar-refractivity contribution is 6.04. The van der Waals surface area contributed by atoms with Crippen molar-refractivity contribution < 1.29 is 9.53 Å². The van der Waals surface area contributed by atoms with Crippen LogP contribution >= 0.6 is 0 Å². The van der Waals surface area contributed by atoms with E-state index in [1.807, 2.05) is 29.0 Å². The van der Waals surface area contributed by atoms with Crippen LogP contribution in [0.4, 0.5) is 5.69 Å². The maximum absolute atomic E-state index is 13.2. The van der Waals surface area contributed by atoms with Gasteiger partial charge in [0.1, 0.15) is 11.4 Å². The number of rotatable bonds is 5. The van der Waals surface area contributed by atoms with Gasteiger partial charge < -0.3 is 14.6 Å². The fourth-order valence-electron chi connectivity index (χ4n) is 4.93. The quantitative estimate of drug-likeness (QED) is 0.673. The first kappa shape index (κ1) is 20.5. The SMILES string of the molecule is COc1ccc(C(=O)Nc2ccc3n(c2=O)C[C@@H]2C[C@@H]3CN(Cc3ccccn3)C2)cc1. The van der Waals surface area contributed by atoms with E-state index in [0.29, 0.717) is 35.4 Å². The van der Waals surface area contributed by atoms with Crippen LogP contribution in [-0.4, -0.2) is 40.6 Å². The average molecular weight is 431 g/mol. The Morgan fingerprint density at radius 3 is 2.69 bits per heavy atom. The Hall–Kier alpha value is -3.45. The zero-order chi connectivity index (χ0) is 22.1. The molecule has 2 aromatic heterocycles. The number of aromatic nitrogens is 2. The summed E-state index contributed by atoms with van der Waals surface area (Å²) in [6.45, 7) is 3.36. The van der Waals surface area contributed by atoms with Crippen LogP contribution in [0.25, 0.3) is 0 Å². The Bertz CT molecular complexity index is 1170. The van der Waals surface area contributed by atoms with Crippen molar-refractivity contribution in [3.8, 4) is 5.75 Å². The maximum atomic E-state index is 13.2. The lowest BCUT2D eigenvalue weighted by atomic mass is 9.83. The van der Waals surface area contributed by atoms with Gasteiger partial charge in [0.15, 0.2) is 0 Å². The van der Waals surface area contributed by atoms with Crippen molar-refractivity contribution in [2.75, 3.05) is 25.5 Å². The van der Waals surface area contributed by atoms with Crippen LogP contribution in [0.15, 0.2) is 65.6 Å². The first-order chi connectivity index (χ1) is 15.6. The van der Waals surface area contributed by atoms with Crippen molar-refractivity contribution in [2.45, 2.75) is 25.4 Å². The van der Waals surface area contributed by atoms with Gasteiger partial charge in [-0.1, -0.05) is 6.07 Å². The number of nitrogens with zero attached hydrogens (tertiary/aromatic N) is 3. The van der Waals surface area contributed by atoms with Gasteiger partial charge >= 0.3 is 0 Å². The molecule has 1 N–H and O–H groups in total. The van der Waals surface area contributed by atoms with Crippen LogP contribution in [0.3, 0.4) is 0 Å². The van der Waals surface area contributed by atoms with Crippen LogP contribution in [-0.2, 0) is 13.1 Å². The van der Waals surface area contributed by atoms with Gasteiger partial charge in [-0.2, -0.15) is 0 Å². The Morgan fingerprint density at radius 2 is 1.94 bits per heavy atom. The molecule has 1 amide bonds. The van der Waals surface area contributed by atoms with E-state index in [1.54, 1.807) is 37.4 Å². The first-order valence-corrected chi connectivity index (χ1v) is 10.9. The highest BCUT2D eigenvalue weighted by atomic mass is 16.5. The van der Waals surface area contributed by atoms with Crippen LogP contribution in [0.2, 0.25) is 0 Å². The smallest absolute Gasteiger partial charge is 0.274 e. The van der Waals surface area contributed by atoms with Gasteiger partial charge in [0.05, 0.1) is 12.8 Å². The van der Waals surface area contributed by atoms with E-state index in [1.165, 1.54) is 0 Å². The number of fused-ring (bicyclic) bond motifs is 4. The molecule has 2 atom stereocenters. The standard InChI is InChI=1S/C25H26N4O3/c1-32-21-7-5-18(6-8-21)24(30)27-22-9-10-23-19-12-17(14-29(23)25(22)31)13-28(15-19)16-20-4-2-3-11-26-20/h2-11,17,19H,12-16H2,1H3,(H,27,30)/t17-,19-/m1/s1. The van der Waals surface area contributed by atoms with E-state index in [4.69, 9.17) is 4.74 Å². The van der Waals surface area contributed by atoms with Crippen LogP contribution in [0.1, 0.15) is 34.1 Å². The number of carbonyl (C=O) groups excluding carboxylic acids is 1. The second kappa shape index (κ2) is 8.59. The van der Waals surface area contributed by atoms with Crippen molar-refractivity contribution in [3.05, 3.63) is 88.1 Å². The summed E-state index contributed by atoms with van der Waals surface area (Å²) < 4.78 is 7.00. The topological polar surface area (TPSA) is 76.5 Å². The average Bonchev–Trinajstić information content (AvgIpc) is 2.82. The van der Waals surface area contributed by atoms with Gasteiger partial charge in [-0.3, -0.25) is 19.5 Å². The minimum Gasteiger partial charge on any atom is -0.497 e. The molecule has 2 aliphatic rings. The largest absolute Gasteiger partial charge is 0.497 e. The molecule has 0 unspecified atom stereocenters. The Labute approximate surface area is 186 Å². The number of piperidine rings is 1. The lowest BCUT2D eigenvalue weighted by Gasteiger charge is -2.42. The second-order valence-corrected chi connectivity index (χ2v) is 8.58. The highest BCUT2D eigenvalue weighted by Crippen LogP contribution is 2.35. The molecule has 0 saturated carbocycles. The molecular formula is C25H26N4O3. The molecule has 32 heavy (non-hydrogen) atoms. The molecule has 1 saturated heterocycles. The summed E-state index contributed by atoms with van der Waals surface area (Å²) in [5, 5.41) is 2.79. The zero-order valence-electron chi connectivity index (χ0n) is 18.0. The lowest BCUT2D eigenvalue weighted by molar-refractivity contribution is 0.102. The molecule has 0 radical (unpaired) electrons. The number of nitrogens with one attached hydrogen (secondary N) is 1. The summed E-state index contributed by atoms with van der Waals surface area (Å²) in [6.07, 6.45) is 2.92. The summed E-state index contributed by atoms with van der Waals surface area (Å²) in [5.74, 6) is 1.10. The summed E-state index contributed by atoms with van der Waals surface area (Å²) in [7, 11) is 1.58. The molecule has 4 heterocycles. The fraction of sp³-hybridized carbons (Fsp3) is 0.320. The number of pyridine rings is 2. The van der Waals surface area contributed by atoms with Crippen LogP contribution in [0.5, 0.6) is 5.75 Å². The molecular weight excluding hydrogens is 404 g/mol. The summed E-state index contributed by atoms with van der Waals surface area (Å²) in [4.78, 5) is 32.7. The molecule has 164 valence electrons. The number of benzene rings is 1. The van der Waals surface area contributed by atoms with E-state index in [2.05, 4.69) is 21.3 Å².